The second-order valence-electron chi connectivity index (χ2n) is 4.12. The van der Waals surface area contributed by atoms with Crippen molar-refractivity contribution in [3.63, 3.8) is 0 Å². The molecule has 1 amide bonds. The first-order valence-corrected chi connectivity index (χ1v) is 6.14. The Hall–Kier alpha value is -1.79. The number of hydrogen-bond acceptors (Lipinski definition) is 2. The maximum Gasteiger partial charge on any atom is 0.253 e. The van der Waals surface area contributed by atoms with Crippen molar-refractivity contribution in [2.45, 2.75) is 19.8 Å². The fourth-order valence-electron chi connectivity index (χ4n) is 1.59. The second-order valence-corrected chi connectivity index (χ2v) is 4.12. The number of carbonyl (C=O) groups is 1. The van der Waals surface area contributed by atoms with Crippen molar-refractivity contribution in [3.05, 3.63) is 35.4 Å². The number of aliphatic hydroxyl groups is 1. The molecule has 0 aromatic heterocycles. The molecule has 1 aromatic carbocycles. The SMILES string of the molecule is CCCCN(C)C(=O)c1cccc(C#CCO)c1. The first-order chi connectivity index (χ1) is 8.69. The standard InChI is InChI=1S/C15H19NO2/c1-3-4-10-16(2)15(18)14-9-5-7-13(12-14)8-6-11-17/h5,7,9,12,17H,3-4,10-11H2,1-2H3. The lowest BCUT2D eigenvalue weighted by molar-refractivity contribution is 0.0793. The Labute approximate surface area is 108 Å². The molecule has 0 atom stereocenters. The maximum absolute atomic E-state index is 12.1. The average Bonchev–Trinajstić information content (AvgIpc) is 2.42. The van der Waals surface area contributed by atoms with Crippen LogP contribution in [0.1, 0.15) is 35.7 Å². The van der Waals surface area contributed by atoms with Crippen molar-refractivity contribution in [1.82, 2.24) is 4.90 Å². The number of rotatable bonds is 4. The average molecular weight is 245 g/mol. The molecule has 0 spiro atoms. The van der Waals surface area contributed by atoms with Crippen LogP contribution >= 0.6 is 0 Å². The molecular weight excluding hydrogens is 226 g/mol. The Morgan fingerprint density at radius 2 is 2.22 bits per heavy atom. The van der Waals surface area contributed by atoms with E-state index >= 15 is 0 Å². The van der Waals surface area contributed by atoms with Crippen LogP contribution in [-0.2, 0) is 0 Å². The highest BCUT2D eigenvalue weighted by Crippen LogP contribution is 2.07. The van der Waals surface area contributed by atoms with Gasteiger partial charge in [-0.25, -0.2) is 0 Å². The van der Waals surface area contributed by atoms with Gasteiger partial charge in [0.2, 0.25) is 0 Å². The number of carbonyl (C=O) groups excluding carboxylic acids is 1. The molecule has 3 nitrogen and oxygen atoms in total. The lowest BCUT2D eigenvalue weighted by atomic mass is 10.1. The lowest BCUT2D eigenvalue weighted by Crippen LogP contribution is -2.27. The number of benzene rings is 1. The van der Waals surface area contributed by atoms with E-state index < -0.39 is 0 Å². The Morgan fingerprint density at radius 3 is 2.89 bits per heavy atom. The van der Waals surface area contributed by atoms with Gasteiger partial charge in [-0.1, -0.05) is 31.3 Å². The molecule has 3 heteroatoms. The zero-order valence-corrected chi connectivity index (χ0v) is 10.9. The van der Waals surface area contributed by atoms with Gasteiger partial charge in [0, 0.05) is 24.7 Å². The molecule has 0 unspecified atom stereocenters. The molecule has 18 heavy (non-hydrogen) atoms. The molecule has 0 bridgehead atoms. The normalized spacial score (nSPS) is 9.50. The number of unbranched alkanes of at least 4 members (excludes halogenated alkanes) is 1. The van der Waals surface area contributed by atoms with Crippen LogP contribution in [0.2, 0.25) is 0 Å². The van der Waals surface area contributed by atoms with Gasteiger partial charge in [-0.2, -0.15) is 0 Å². The van der Waals surface area contributed by atoms with Crippen LogP contribution < -0.4 is 0 Å². The van der Waals surface area contributed by atoms with E-state index in [2.05, 4.69) is 18.8 Å². The molecule has 96 valence electrons. The smallest absolute Gasteiger partial charge is 0.253 e. The first kappa shape index (κ1) is 14.3. The lowest BCUT2D eigenvalue weighted by Gasteiger charge is -2.16. The molecule has 0 radical (unpaired) electrons. The summed E-state index contributed by atoms with van der Waals surface area (Å²) in [4.78, 5) is 13.8. The topological polar surface area (TPSA) is 40.5 Å². The fraction of sp³-hybridized carbons (Fsp3) is 0.400. The van der Waals surface area contributed by atoms with Crippen LogP contribution in [-0.4, -0.2) is 36.1 Å². The zero-order valence-electron chi connectivity index (χ0n) is 10.9. The molecule has 0 heterocycles. The van der Waals surface area contributed by atoms with Crippen molar-refractivity contribution in [1.29, 1.82) is 0 Å². The number of nitrogens with zero attached hydrogens (tertiary/aromatic N) is 1. The summed E-state index contributed by atoms with van der Waals surface area (Å²) >= 11 is 0. The van der Waals surface area contributed by atoms with Crippen molar-refractivity contribution < 1.29 is 9.90 Å². The summed E-state index contributed by atoms with van der Waals surface area (Å²) < 4.78 is 0. The minimum Gasteiger partial charge on any atom is -0.384 e. The largest absolute Gasteiger partial charge is 0.384 e. The third-order valence-electron chi connectivity index (χ3n) is 2.62. The summed E-state index contributed by atoms with van der Waals surface area (Å²) in [5.74, 6) is 5.39. The highest BCUT2D eigenvalue weighted by atomic mass is 16.2. The number of hydrogen-bond donors (Lipinski definition) is 1. The predicted octanol–water partition coefficient (Wildman–Crippen LogP) is 1.90. The monoisotopic (exact) mass is 245 g/mol. The summed E-state index contributed by atoms with van der Waals surface area (Å²) in [6, 6.07) is 7.18. The Morgan fingerprint density at radius 1 is 1.44 bits per heavy atom. The minimum atomic E-state index is -0.172. The van der Waals surface area contributed by atoms with E-state index in [1.807, 2.05) is 19.2 Å². The van der Waals surface area contributed by atoms with E-state index in [0.717, 1.165) is 24.9 Å². The van der Waals surface area contributed by atoms with Gasteiger partial charge in [0.15, 0.2) is 0 Å². The van der Waals surface area contributed by atoms with Crippen LogP contribution in [0.4, 0.5) is 0 Å². The molecule has 0 saturated heterocycles. The van der Waals surface area contributed by atoms with Crippen molar-refractivity contribution in [2.24, 2.45) is 0 Å². The number of amides is 1. The summed E-state index contributed by atoms with van der Waals surface area (Å²) in [5, 5.41) is 8.64. The van der Waals surface area contributed by atoms with E-state index in [1.165, 1.54) is 0 Å². The third kappa shape index (κ3) is 4.23. The van der Waals surface area contributed by atoms with Gasteiger partial charge < -0.3 is 10.0 Å². The molecular formula is C15H19NO2. The van der Waals surface area contributed by atoms with E-state index in [-0.39, 0.29) is 12.5 Å². The highest BCUT2D eigenvalue weighted by Gasteiger charge is 2.10. The van der Waals surface area contributed by atoms with Crippen molar-refractivity contribution >= 4 is 5.91 Å². The zero-order chi connectivity index (χ0) is 13.4. The van der Waals surface area contributed by atoms with Gasteiger partial charge in [0.25, 0.3) is 5.91 Å². The fourth-order valence-corrected chi connectivity index (χ4v) is 1.59. The van der Waals surface area contributed by atoms with E-state index in [1.54, 1.807) is 17.0 Å². The number of aliphatic hydroxyl groups excluding tert-OH is 1. The van der Waals surface area contributed by atoms with Crippen molar-refractivity contribution in [2.75, 3.05) is 20.2 Å². The van der Waals surface area contributed by atoms with E-state index in [4.69, 9.17) is 5.11 Å². The van der Waals surface area contributed by atoms with Crippen LogP contribution in [0, 0.1) is 11.8 Å². The Bertz CT molecular complexity index is 457. The van der Waals surface area contributed by atoms with Gasteiger partial charge in [-0.15, -0.1) is 0 Å². The summed E-state index contributed by atoms with van der Waals surface area (Å²) in [7, 11) is 1.81. The minimum absolute atomic E-state index is 0.0103. The Balaban J connectivity index is 2.79. The van der Waals surface area contributed by atoms with Crippen LogP contribution in [0.3, 0.4) is 0 Å². The Kier molecular flexibility index (Phi) is 5.96. The molecule has 1 aromatic rings. The van der Waals surface area contributed by atoms with Crippen LogP contribution in [0.25, 0.3) is 0 Å². The second kappa shape index (κ2) is 7.52. The van der Waals surface area contributed by atoms with Gasteiger partial charge in [-0.05, 0) is 24.6 Å². The van der Waals surface area contributed by atoms with E-state index in [9.17, 15) is 4.79 Å². The quantitative estimate of drug-likeness (QED) is 0.823. The summed E-state index contributed by atoms with van der Waals surface area (Å²) in [5.41, 5.74) is 1.39. The summed E-state index contributed by atoms with van der Waals surface area (Å²) in [6.07, 6.45) is 2.08. The van der Waals surface area contributed by atoms with Gasteiger partial charge >= 0.3 is 0 Å². The predicted molar refractivity (Wildman–Crippen MR) is 72.3 cm³/mol. The van der Waals surface area contributed by atoms with Gasteiger partial charge in [0.05, 0.1) is 0 Å². The van der Waals surface area contributed by atoms with Gasteiger partial charge in [-0.3, -0.25) is 4.79 Å². The van der Waals surface area contributed by atoms with Crippen molar-refractivity contribution in [3.8, 4) is 11.8 Å². The van der Waals surface area contributed by atoms with E-state index in [0.29, 0.717) is 5.56 Å². The molecule has 1 rings (SSSR count). The van der Waals surface area contributed by atoms with Crippen LogP contribution in [0.15, 0.2) is 24.3 Å². The summed E-state index contributed by atoms with van der Waals surface area (Å²) in [6.45, 7) is 2.69. The van der Waals surface area contributed by atoms with Crippen LogP contribution in [0.5, 0.6) is 0 Å². The van der Waals surface area contributed by atoms with Gasteiger partial charge in [0.1, 0.15) is 6.61 Å². The maximum atomic E-state index is 12.1. The third-order valence-corrected chi connectivity index (χ3v) is 2.62. The molecule has 0 aliphatic carbocycles. The first-order valence-electron chi connectivity index (χ1n) is 6.14. The molecule has 0 saturated carbocycles. The molecule has 0 aliphatic rings. The highest BCUT2D eigenvalue weighted by molar-refractivity contribution is 5.94. The molecule has 1 N–H and O–H groups in total. The molecule has 0 aliphatic heterocycles. The molecule has 0 fully saturated rings.